The predicted molar refractivity (Wildman–Crippen MR) is 147 cm³/mol. The number of aromatic nitrogens is 1. The fourth-order valence-electron chi connectivity index (χ4n) is 6.13. The van der Waals surface area contributed by atoms with Crippen molar-refractivity contribution in [2.24, 2.45) is 5.92 Å². The van der Waals surface area contributed by atoms with E-state index < -0.39 is 0 Å². The van der Waals surface area contributed by atoms with Crippen LogP contribution in [0.15, 0.2) is 54.7 Å². The number of ether oxygens (including phenoxy) is 2. The molecule has 8 nitrogen and oxygen atoms in total. The summed E-state index contributed by atoms with van der Waals surface area (Å²) in [5.74, 6) is 3.42. The van der Waals surface area contributed by atoms with Crippen molar-refractivity contribution in [2.75, 3.05) is 38.5 Å². The zero-order chi connectivity index (χ0) is 26.5. The number of likely N-dealkylation sites (N-methyl/N-ethyl adjacent to an activating group) is 1. The first-order valence-electron chi connectivity index (χ1n) is 13.8. The van der Waals surface area contributed by atoms with Crippen LogP contribution in [0.25, 0.3) is 0 Å². The van der Waals surface area contributed by atoms with E-state index in [9.17, 15) is 9.59 Å². The fraction of sp³-hybridized carbons (Fsp3) is 0.387. The molecule has 0 unspecified atom stereocenters. The van der Waals surface area contributed by atoms with Crippen LogP contribution in [0, 0.1) is 5.92 Å². The van der Waals surface area contributed by atoms with E-state index in [0.29, 0.717) is 30.8 Å². The van der Waals surface area contributed by atoms with Crippen LogP contribution in [0.5, 0.6) is 17.2 Å². The molecule has 3 aromatic rings. The molecule has 1 saturated carbocycles. The monoisotopic (exact) mass is 524 g/mol. The van der Waals surface area contributed by atoms with Crippen LogP contribution in [-0.4, -0.2) is 65.8 Å². The molecule has 0 spiro atoms. The Morgan fingerprint density at radius 1 is 1.08 bits per heavy atom. The summed E-state index contributed by atoms with van der Waals surface area (Å²) in [6.07, 6.45) is 3.21. The maximum absolute atomic E-state index is 13.1. The number of rotatable bonds is 7. The summed E-state index contributed by atoms with van der Waals surface area (Å²) < 4.78 is 12.4. The van der Waals surface area contributed by atoms with Gasteiger partial charge in [0.15, 0.2) is 5.78 Å². The minimum Gasteiger partial charge on any atom is -0.489 e. The molecule has 2 aromatic carbocycles. The highest BCUT2D eigenvalue weighted by atomic mass is 16.5. The standard InChI is InChI=1S/C31H32N4O4/c1-34-12-14-35(15-13-34)18-19-2-4-20(5-3-19)25(36)17-24-29-23-16-21(6-8-26(23)39-30(24)29)38-27-10-11-32-31-22(27)7-9-28(37)33-31/h2-6,8,10-11,16,24,29-30H,7,9,12-15,17-18H2,1H3,(H,32,33,37)/t24-,29-,30+/m0/s1. The molecular weight excluding hydrogens is 492 g/mol. The number of hydrogen-bond acceptors (Lipinski definition) is 7. The fourth-order valence-corrected chi connectivity index (χ4v) is 6.13. The summed E-state index contributed by atoms with van der Waals surface area (Å²) in [5.41, 5.74) is 4.04. The molecule has 4 heterocycles. The van der Waals surface area contributed by atoms with Gasteiger partial charge in [0.25, 0.3) is 0 Å². The molecule has 4 aliphatic rings. The van der Waals surface area contributed by atoms with Gasteiger partial charge < -0.3 is 19.7 Å². The van der Waals surface area contributed by atoms with Crippen molar-refractivity contribution in [3.05, 3.63) is 77.0 Å². The van der Waals surface area contributed by atoms with Gasteiger partial charge in [0, 0.05) is 80.3 Å². The van der Waals surface area contributed by atoms with Gasteiger partial charge in [-0.15, -0.1) is 0 Å². The lowest BCUT2D eigenvalue weighted by Gasteiger charge is -2.32. The lowest BCUT2D eigenvalue weighted by molar-refractivity contribution is -0.116. The van der Waals surface area contributed by atoms with Gasteiger partial charge in [-0.05, 0) is 43.3 Å². The van der Waals surface area contributed by atoms with Gasteiger partial charge in [0.2, 0.25) is 5.91 Å². The van der Waals surface area contributed by atoms with E-state index in [2.05, 4.69) is 39.3 Å². The molecule has 0 bridgehead atoms. The second-order valence-electron chi connectivity index (χ2n) is 11.2. The summed E-state index contributed by atoms with van der Waals surface area (Å²) >= 11 is 0. The lowest BCUT2D eigenvalue weighted by Crippen LogP contribution is -2.43. The number of anilines is 1. The van der Waals surface area contributed by atoms with Gasteiger partial charge in [0.1, 0.15) is 29.2 Å². The summed E-state index contributed by atoms with van der Waals surface area (Å²) in [5, 5.41) is 2.82. The van der Waals surface area contributed by atoms with Crippen LogP contribution in [0.3, 0.4) is 0 Å². The summed E-state index contributed by atoms with van der Waals surface area (Å²) in [6, 6.07) is 15.9. The first-order valence-corrected chi connectivity index (χ1v) is 13.8. The van der Waals surface area contributed by atoms with Crippen molar-refractivity contribution in [2.45, 2.75) is 37.8 Å². The Hall–Kier alpha value is -3.75. The van der Waals surface area contributed by atoms with E-state index in [1.54, 1.807) is 6.20 Å². The van der Waals surface area contributed by atoms with Crippen molar-refractivity contribution >= 4 is 17.5 Å². The SMILES string of the molecule is CN1CCN(Cc2ccc(C(=O)C[C@@H]3[C@H]4Oc5ccc(Oc6ccnc7c6CCC(=O)N7)cc5[C@@H]34)cc2)CC1. The van der Waals surface area contributed by atoms with Crippen LogP contribution in [0.2, 0.25) is 0 Å². The molecule has 1 N–H and O–H groups in total. The summed E-state index contributed by atoms with van der Waals surface area (Å²) in [6.45, 7) is 5.30. The molecule has 1 saturated heterocycles. The molecule has 1 aliphatic carbocycles. The molecule has 3 atom stereocenters. The molecule has 1 amide bonds. The average Bonchev–Trinajstić information content (AvgIpc) is 3.46. The number of amides is 1. The van der Waals surface area contributed by atoms with Crippen LogP contribution in [0.1, 0.15) is 45.8 Å². The van der Waals surface area contributed by atoms with E-state index in [-0.39, 0.29) is 29.6 Å². The highest BCUT2D eigenvalue weighted by Crippen LogP contribution is 2.60. The first-order chi connectivity index (χ1) is 19.0. The van der Waals surface area contributed by atoms with Crippen molar-refractivity contribution in [3.8, 4) is 17.2 Å². The number of benzene rings is 2. The first kappa shape index (κ1) is 24.3. The molecule has 2 fully saturated rings. The zero-order valence-corrected chi connectivity index (χ0v) is 22.1. The van der Waals surface area contributed by atoms with Crippen molar-refractivity contribution in [3.63, 3.8) is 0 Å². The van der Waals surface area contributed by atoms with Gasteiger partial charge in [-0.25, -0.2) is 4.98 Å². The summed E-state index contributed by atoms with van der Waals surface area (Å²) in [7, 11) is 2.17. The maximum atomic E-state index is 13.1. The number of carbonyl (C=O) groups is 2. The molecular formula is C31H32N4O4. The van der Waals surface area contributed by atoms with Gasteiger partial charge in [-0.2, -0.15) is 0 Å². The Morgan fingerprint density at radius 3 is 2.72 bits per heavy atom. The number of Topliss-reactive ketones (excluding diaryl/α,β-unsaturated/α-hetero) is 1. The molecule has 39 heavy (non-hydrogen) atoms. The minimum atomic E-state index is -0.0243. The minimum absolute atomic E-state index is 0.0243. The second kappa shape index (κ2) is 9.77. The molecule has 3 aliphatic heterocycles. The largest absolute Gasteiger partial charge is 0.489 e. The van der Waals surface area contributed by atoms with Crippen LogP contribution < -0.4 is 14.8 Å². The lowest BCUT2D eigenvalue weighted by atomic mass is 10.0. The second-order valence-corrected chi connectivity index (χ2v) is 11.2. The van der Waals surface area contributed by atoms with E-state index in [0.717, 1.165) is 60.9 Å². The number of pyridine rings is 1. The van der Waals surface area contributed by atoms with Gasteiger partial charge >= 0.3 is 0 Å². The van der Waals surface area contributed by atoms with E-state index in [1.165, 1.54) is 5.56 Å². The van der Waals surface area contributed by atoms with E-state index in [1.807, 2.05) is 36.4 Å². The normalized spacial score (nSPS) is 23.7. The Labute approximate surface area is 227 Å². The number of carbonyl (C=O) groups excluding carboxylic acids is 2. The molecule has 8 heteroatoms. The Balaban J connectivity index is 0.988. The number of ketones is 1. The van der Waals surface area contributed by atoms with Crippen molar-refractivity contribution in [1.29, 1.82) is 0 Å². The quantitative estimate of drug-likeness (QED) is 0.463. The number of piperazine rings is 1. The van der Waals surface area contributed by atoms with Crippen LogP contribution in [0.4, 0.5) is 5.82 Å². The maximum Gasteiger partial charge on any atom is 0.225 e. The Bertz CT molecular complexity index is 1430. The van der Waals surface area contributed by atoms with Crippen molar-refractivity contribution in [1.82, 2.24) is 14.8 Å². The third-order valence-electron chi connectivity index (χ3n) is 8.50. The number of hydrogen-bond donors (Lipinski definition) is 1. The number of nitrogens with one attached hydrogen (secondary N) is 1. The smallest absolute Gasteiger partial charge is 0.225 e. The third-order valence-corrected chi connectivity index (χ3v) is 8.50. The van der Waals surface area contributed by atoms with E-state index >= 15 is 0 Å². The Kier molecular flexibility index (Phi) is 6.09. The number of nitrogens with zero attached hydrogens (tertiary/aromatic N) is 3. The highest BCUT2D eigenvalue weighted by molar-refractivity contribution is 5.96. The zero-order valence-electron chi connectivity index (χ0n) is 22.1. The molecule has 200 valence electrons. The van der Waals surface area contributed by atoms with Crippen LogP contribution in [-0.2, 0) is 17.8 Å². The van der Waals surface area contributed by atoms with Gasteiger partial charge in [-0.1, -0.05) is 24.3 Å². The molecule has 1 aromatic heterocycles. The molecule has 7 rings (SSSR count). The summed E-state index contributed by atoms with van der Waals surface area (Å²) in [4.78, 5) is 33.9. The molecule has 0 radical (unpaired) electrons. The highest BCUT2D eigenvalue weighted by Gasteiger charge is 2.59. The van der Waals surface area contributed by atoms with Crippen molar-refractivity contribution < 1.29 is 19.1 Å². The van der Waals surface area contributed by atoms with Gasteiger partial charge in [-0.3, -0.25) is 14.5 Å². The predicted octanol–water partition coefficient (Wildman–Crippen LogP) is 4.25. The van der Waals surface area contributed by atoms with E-state index in [4.69, 9.17) is 9.47 Å². The Morgan fingerprint density at radius 2 is 1.90 bits per heavy atom. The van der Waals surface area contributed by atoms with Crippen LogP contribution >= 0.6 is 0 Å². The third kappa shape index (κ3) is 4.79. The topological polar surface area (TPSA) is 84.0 Å². The average molecular weight is 525 g/mol. The van der Waals surface area contributed by atoms with Gasteiger partial charge in [0.05, 0.1) is 0 Å². The number of fused-ring (bicyclic) bond motifs is 4.